The maximum Gasteiger partial charge on any atom is 0.299 e. The van der Waals surface area contributed by atoms with E-state index in [0.29, 0.717) is 11.4 Å². The SMILES string of the molecule is Cc1c(N=Nc2c[nH]c3ccccc23)c(=O)n(-c2ccccc2)n1C. The van der Waals surface area contributed by atoms with Crippen molar-refractivity contribution in [3.8, 4) is 5.69 Å². The van der Waals surface area contributed by atoms with Crippen LogP contribution in [0.1, 0.15) is 5.69 Å². The van der Waals surface area contributed by atoms with Gasteiger partial charge in [-0.1, -0.05) is 36.4 Å². The standard InChI is InChI=1S/C19H17N5O/c1-13-18(19(25)24(23(13)2)14-8-4-3-5-9-14)22-21-17-12-20-16-11-7-6-10-15(16)17/h3-12,20H,1-2H3. The van der Waals surface area contributed by atoms with Gasteiger partial charge in [0.15, 0.2) is 5.69 Å². The summed E-state index contributed by atoms with van der Waals surface area (Å²) < 4.78 is 3.39. The maximum absolute atomic E-state index is 12.8. The lowest BCUT2D eigenvalue weighted by atomic mass is 10.2. The summed E-state index contributed by atoms with van der Waals surface area (Å²) in [7, 11) is 1.84. The molecular formula is C19H17N5O. The van der Waals surface area contributed by atoms with Crippen LogP contribution in [0.4, 0.5) is 11.4 Å². The second-order valence-corrected chi connectivity index (χ2v) is 5.83. The van der Waals surface area contributed by atoms with Crippen molar-refractivity contribution >= 4 is 22.3 Å². The number of hydrogen-bond acceptors (Lipinski definition) is 3. The lowest BCUT2D eigenvalue weighted by Crippen LogP contribution is -2.19. The monoisotopic (exact) mass is 331 g/mol. The number of benzene rings is 2. The third kappa shape index (κ3) is 2.48. The van der Waals surface area contributed by atoms with E-state index in [-0.39, 0.29) is 5.56 Å². The molecule has 124 valence electrons. The summed E-state index contributed by atoms with van der Waals surface area (Å²) in [6.45, 7) is 1.87. The maximum atomic E-state index is 12.8. The van der Waals surface area contributed by atoms with Gasteiger partial charge in [0, 0.05) is 24.1 Å². The van der Waals surface area contributed by atoms with E-state index < -0.39 is 0 Å². The van der Waals surface area contributed by atoms with Gasteiger partial charge in [0.05, 0.1) is 11.4 Å². The van der Waals surface area contributed by atoms with E-state index in [2.05, 4.69) is 15.2 Å². The first-order valence-electron chi connectivity index (χ1n) is 7.98. The summed E-state index contributed by atoms with van der Waals surface area (Å²) in [5.74, 6) is 0. The topological polar surface area (TPSA) is 67.4 Å². The fourth-order valence-corrected chi connectivity index (χ4v) is 2.91. The molecule has 0 atom stereocenters. The number of hydrogen-bond donors (Lipinski definition) is 1. The summed E-state index contributed by atoms with van der Waals surface area (Å²) in [5.41, 5.74) is 3.42. The fourth-order valence-electron chi connectivity index (χ4n) is 2.91. The molecule has 1 N–H and O–H groups in total. The Morgan fingerprint density at radius 1 is 0.960 bits per heavy atom. The zero-order chi connectivity index (χ0) is 17.4. The second-order valence-electron chi connectivity index (χ2n) is 5.83. The van der Waals surface area contributed by atoms with Crippen LogP contribution >= 0.6 is 0 Å². The number of fused-ring (bicyclic) bond motifs is 1. The molecule has 0 bridgehead atoms. The molecule has 2 aromatic carbocycles. The van der Waals surface area contributed by atoms with Crippen LogP contribution in [0.15, 0.2) is 75.8 Å². The molecule has 2 heterocycles. The Balaban J connectivity index is 1.80. The van der Waals surface area contributed by atoms with E-state index in [0.717, 1.165) is 22.3 Å². The van der Waals surface area contributed by atoms with Gasteiger partial charge >= 0.3 is 0 Å². The molecule has 0 amide bonds. The van der Waals surface area contributed by atoms with Crippen molar-refractivity contribution < 1.29 is 0 Å². The molecule has 4 aromatic rings. The van der Waals surface area contributed by atoms with Gasteiger partial charge in [-0.2, -0.15) is 0 Å². The normalized spacial score (nSPS) is 11.6. The van der Waals surface area contributed by atoms with Crippen LogP contribution in [0.25, 0.3) is 16.6 Å². The van der Waals surface area contributed by atoms with Crippen molar-refractivity contribution in [1.29, 1.82) is 0 Å². The van der Waals surface area contributed by atoms with Crippen molar-refractivity contribution in [2.45, 2.75) is 6.92 Å². The molecule has 4 rings (SSSR count). The molecule has 0 saturated heterocycles. The van der Waals surface area contributed by atoms with E-state index in [9.17, 15) is 4.79 Å². The quantitative estimate of drug-likeness (QED) is 0.556. The molecule has 0 spiro atoms. The summed E-state index contributed by atoms with van der Waals surface area (Å²) >= 11 is 0. The van der Waals surface area contributed by atoms with Crippen molar-refractivity contribution in [3.63, 3.8) is 0 Å². The highest BCUT2D eigenvalue weighted by Gasteiger charge is 2.15. The largest absolute Gasteiger partial charge is 0.359 e. The Bertz CT molecular complexity index is 1130. The zero-order valence-corrected chi connectivity index (χ0v) is 14.0. The predicted molar refractivity (Wildman–Crippen MR) is 98.2 cm³/mol. The van der Waals surface area contributed by atoms with Gasteiger partial charge in [-0.3, -0.25) is 9.48 Å². The summed E-state index contributed by atoms with van der Waals surface area (Å²) in [6, 6.07) is 17.4. The van der Waals surface area contributed by atoms with Gasteiger partial charge in [0.2, 0.25) is 0 Å². The predicted octanol–water partition coefficient (Wildman–Crippen LogP) is 4.38. The molecule has 25 heavy (non-hydrogen) atoms. The van der Waals surface area contributed by atoms with Gasteiger partial charge < -0.3 is 4.98 Å². The zero-order valence-electron chi connectivity index (χ0n) is 14.0. The Morgan fingerprint density at radius 3 is 2.48 bits per heavy atom. The molecule has 0 aliphatic heterocycles. The van der Waals surface area contributed by atoms with E-state index in [1.807, 2.05) is 68.6 Å². The van der Waals surface area contributed by atoms with Crippen LogP contribution in [0.5, 0.6) is 0 Å². The first-order chi connectivity index (χ1) is 12.2. The highest BCUT2D eigenvalue weighted by Crippen LogP contribution is 2.27. The van der Waals surface area contributed by atoms with Crippen LogP contribution in [-0.2, 0) is 7.05 Å². The summed E-state index contributed by atoms with van der Waals surface area (Å²) in [6.07, 6.45) is 1.79. The number of azo groups is 1. The van der Waals surface area contributed by atoms with Crippen molar-refractivity contribution in [1.82, 2.24) is 14.3 Å². The molecule has 2 aromatic heterocycles. The van der Waals surface area contributed by atoms with Crippen LogP contribution in [-0.4, -0.2) is 14.3 Å². The van der Waals surface area contributed by atoms with Gasteiger partial charge in [0.25, 0.3) is 5.56 Å². The molecule has 0 aliphatic rings. The van der Waals surface area contributed by atoms with E-state index in [4.69, 9.17) is 0 Å². The molecular weight excluding hydrogens is 314 g/mol. The number of para-hydroxylation sites is 2. The minimum Gasteiger partial charge on any atom is -0.359 e. The van der Waals surface area contributed by atoms with Gasteiger partial charge in [-0.15, -0.1) is 10.2 Å². The van der Waals surface area contributed by atoms with Crippen LogP contribution < -0.4 is 5.56 Å². The number of aromatic nitrogens is 3. The second kappa shape index (κ2) is 5.90. The average molecular weight is 331 g/mol. The molecule has 6 nitrogen and oxygen atoms in total. The molecule has 0 unspecified atom stereocenters. The number of nitrogens with one attached hydrogen (secondary N) is 1. The fraction of sp³-hybridized carbons (Fsp3) is 0.105. The van der Waals surface area contributed by atoms with Gasteiger partial charge in [-0.25, -0.2) is 4.68 Å². The smallest absolute Gasteiger partial charge is 0.299 e. The molecule has 0 radical (unpaired) electrons. The molecule has 0 fully saturated rings. The van der Waals surface area contributed by atoms with Gasteiger partial charge in [0.1, 0.15) is 5.69 Å². The molecule has 6 heteroatoms. The Labute approximate surface area is 144 Å². The summed E-state index contributed by atoms with van der Waals surface area (Å²) in [4.78, 5) is 16.0. The van der Waals surface area contributed by atoms with Crippen LogP contribution in [0.3, 0.4) is 0 Å². The average Bonchev–Trinajstić information content (AvgIpc) is 3.14. The van der Waals surface area contributed by atoms with Crippen molar-refractivity contribution in [3.05, 3.63) is 76.8 Å². The summed E-state index contributed by atoms with van der Waals surface area (Å²) in [5, 5.41) is 9.53. The number of H-pyrrole nitrogens is 1. The lowest BCUT2D eigenvalue weighted by Gasteiger charge is -2.07. The molecule has 0 saturated carbocycles. The Kier molecular flexibility index (Phi) is 3.57. The van der Waals surface area contributed by atoms with E-state index in [1.165, 1.54) is 0 Å². The van der Waals surface area contributed by atoms with Gasteiger partial charge in [-0.05, 0) is 25.1 Å². The van der Waals surface area contributed by atoms with Crippen LogP contribution in [0, 0.1) is 6.92 Å². The third-order valence-electron chi connectivity index (χ3n) is 4.35. The first kappa shape index (κ1) is 15.1. The minimum atomic E-state index is -0.185. The Morgan fingerprint density at radius 2 is 1.68 bits per heavy atom. The Hall–Kier alpha value is -3.41. The minimum absolute atomic E-state index is 0.185. The van der Waals surface area contributed by atoms with Crippen molar-refractivity contribution in [2.24, 2.45) is 17.3 Å². The highest BCUT2D eigenvalue weighted by molar-refractivity contribution is 5.90. The number of rotatable bonds is 3. The van der Waals surface area contributed by atoms with Crippen molar-refractivity contribution in [2.75, 3.05) is 0 Å². The first-order valence-corrected chi connectivity index (χ1v) is 7.98. The van der Waals surface area contributed by atoms with E-state index in [1.54, 1.807) is 15.6 Å². The lowest BCUT2D eigenvalue weighted by molar-refractivity contribution is 0.630. The number of nitrogens with zero attached hydrogens (tertiary/aromatic N) is 4. The highest BCUT2D eigenvalue weighted by atomic mass is 16.1. The van der Waals surface area contributed by atoms with E-state index >= 15 is 0 Å². The van der Waals surface area contributed by atoms with Crippen LogP contribution in [0.2, 0.25) is 0 Å². The number of aromatic amines is 1. The molecule has 0 aliphatic carbocycles. The third-order valence-corrected chi connectivity index (χ3v) is 4.35.